The number of thioether (sulfide) groups is 1. The van der Waals surface area contributed by atoms with Crippen LogP contribution in [-0.4, -0.2) is 28.1 Å². The van der Waals surface area contributed by atoms with E-state index in [4.69, 9.17) is 4.74 Å². The molecule has 4 nitrogen and oxygen atoms in total. The number of aromatic nitrogens is 2. The smallest absolute Gasteiger partial charge is 0.433 e. The van der Waals surface area contributed by atoms with Crippen LogP contribution in [0.2, 0.25) is 0 Å². The molecule has 1 heterocycles. The number of halogens is 3. The highest BCUT2D eigenvalue weighted by Gasteiger charge is 2.33. The Morgan fingerprint density at radius 3 is 2.43 bits per heavy atom. The molecule has 0 N–H and O–H groups in total. The van der Waals surface area contributed by atoms with Crippen LogP contribution in [0.5, 0.6) is 5.75 Å². The quantitative estimate of drug-likeness (QED) is 0.469. The maximum atomic E-state index is 12.6. The summed E-state index contributed by atoms with van der Waals surface area (Å²) in [6.45, 7) is 1.60. The molecule has 0 aliphatic carbocycles. The fourth-order valence-corrected chi connectivity index (χ4v) is 2.59. The monoisotopic (exact) mass is 342 g/mol. The second kappa shape index (κ2) is 6.99. The molecule has 0 aliphatic rings. The molecule has 0 saturated carbocycles. The van der Waals surface area contributed by atoms with Crippen LogP contribution >= 0.6 is 11.8 Å². The predicted octanol–water partition coefficient (Wildman–Crippen LogP) is 3.87. The summed E-state index contributed by atoms with van der Waals surface area (Å²) >= 11 is 0.884. The van der Waals surface area contributed by atoms with Gasteiger partial charge in [0.15, 0.2) is 10.9 Å². The maximum Gasteiger partial charge on any atom is 0.433 e. The fraction of sp³-hybridized carbons (Fsp3) is 0.267. The van der Waals surface area contributed by atoms with Crippen molar-refractivity contribution in [3.05, 3.63) is 47.8 Å². The summed E-state index contributed by atoms with van der Waals surface area (Å²) in [7, 11) is 1.51. The number of rotatable bonds is 5. The SMILES string of the molecule is COc1ccc(C(=O)C(C)Sc2nccc(C(F)(F)F)n2)cc1. The summed E-state index contributed by atoms with van der Waals surface area (Å²) in [5.74, 6) is 0.390. The summed E-state index contributed by atoms with van der Waals surface area (Å²) < 4.78 is 42.9. The van der Waals surface area contributed by atoms with E-state index in [-0.39, 0.29) is 10.9 Å². The number of ether oxygens (including phenoxy) is 1. The van der Waals surface area contributed by atoms with Gasteiger partial charge >= 0.3 is 6.18 Å². The zero-order valence-electron chi connectivity index (χ0n) is 12.3. The zero-order valence-corrected chi connectivity index (χ0v) is 13.1. The molecular weight excluding hydrogens is 329 g/mol. The van der Waals surface area contributed by atoms with Crippen LogP contribution in [-0.2, 0) is 6.18 Å². The predicted molar refractivity (Wildman–Crippen MR) is 79.7 cm³/mol. The van der Waals surface area contributed by atoms with Gasteiger partial charge in [-0.1, -0.05) is 11.8 Å². The van der Waals surface area contributed by atoms with Gasteiger partial charge in [-0.2, -0.15) is 13.2 Å². The first kappa shape index (κ1) is 17.3. The van der Waals surface area contributed by atoms with Gasteiger partial charge in [-0.05, 0) is 37.3 Å². The molecule has 2 aromatic rings. The minimum Gasteiger partial charge on any atom is -0.497 e. The van der Waals surface area contributed by atoms with Gasteiger partial charge in [0.05, 0.1) is 12.4 Å². The second-order valence-corrected chi connectivity index (χ2v) is 5.88. The van der Waals surface area contributed by atoms with Crippen molar-refractivity contribution in [2.45, 2.75) is 23.5 Å². The molecule has 1 atom stereocenters. The van der Waals surface area contributed by atoms with E-state index in [0.29, 0.717) is 11.3 Å². The van der Waals surface area contributed by atoms with E-state index in [0.717, 1.165) is 24.0 Å². The highest BCUT2D eigenvalue weighted by molar-refractivity contribution is 8.00. The Morgan fingerprint density at radius 2 is 1.87 bits per heavy atom. The largest absolute Gasteiger partial charge is 0.497 e. The van der Waals surface area contributed by atoms with Crippen molar-refractivity contribution in [2.24, 2.45) is 0 Å². The van der Waals surface area contributed by atoms with Crippen molar-refractivity contribution < 1.29 is 22.7 Å². The minimum absolute atomic E-state index is 0.0887. The summed E-state index contributed by atoms with van der Waals surface area (Å²) in [5, 5.41) is -0.707. The third-order valence-corrected chi connectivity index (χ3v) is 3.93. The lowest BCUT2D eigenvalue weighted by molar-refractivity contribution is -0.141. The Labute approximate surface area is 135 Å². The Balaban J connectivity index is 2.11. The molecule has 0 aliphatic heterocycles. The lowest BCUT2D eigenvalue weighted by Gasteiger charge is -2.11. The Kier molecular flexibility index (Phi) is 5.25. The topological polar surface area (TPSA) is 52.1 Å². The molecule has 1 aromatic heterocycles. The van der Waals surface area contributed by atoms with Gasteiger partial charge in [0.25, 0.3) is 0 Å². The van der Waals surface area contributed by atoms with Crippen molar-refractivity contribution in [1.29, 1.82) is 0 Å². The molecule has 2 rings (SSSR count). The van der Waals surface area contributed by atoms with E-state index >= 15 is 0 Å². The van der Waals surface area contributed by atoms with E-state index in [9.17, 15) is 18.0 Å². The molecule has 1 unspecified atom stereocenters. The lowest BCUT2D eigenvalue weighted by Crippen LogP contribution is -2.15. The standard InChI is InChI=1S/C15H13F3N2O2S/c1-9(13(21)10-3-5-11(22-2)6-4-10)23-14-19-8-7-12(20-14)15(16,17)18/h3-9H,1-2H3. The third kappa shape index (κ3) is 4.44. The molecule has 8 heteroatoms. The minimum atomic E-state index is -4.54. The number of alkyl halides is 3. The highest BCUT2D eigenvalue weighted by atomic mass is 32.2. The Bertz CT molecular complexity index is 690. The number of hydrogen-bond donors (Lipinski definition) is 0. The highest BCUT2D eigenvalue weighted by Crippen LogP contribution is 2.30. The molecule has 0 radical (unpaired) electrons. The number of methoxy groups -OCH3 is 1. The summed E-state index contributed by atoms with van der Waals surface area (Å²) in [5.41, 5.74) is -0.586. The normalized spacial score (nSPS) is 12.7. The number of carbonyl (C=O) groups is 1. The van der Waals surface area contributed by atoms with Crippen molar-refractivity contribution >= 4 is 17.5 Å². The molecule has 0 saturated heterocycles. The van der Waals surface area contributed by atoms with Gasteiger partial charge in [0.1, 0.15) is 11.4 Å². The van der Waals surface area contributed by atoms with Crippen molar-refractivity contribution in [1.82, 2.24) is 9.97 Å². The van der Waals surface area contributed by atoms with Crippen LogP contribution in [0.25, 0.3) is 0 Å². The van der Waals surface area contributed by atoms with Crippen LogP contribution in [0.3, 0.4) is 0 Å². The van der Waals surface area contributed by atoms with E-state index in [1.807, 2.05) is 0 Å². The number of hydrogen-bond acceptors (Lipinski definition) is 5. The summed E-state index contributed by atoms with van der Waals surface area (Å²) in [6, 6.07) is 7.28. The second-order valence-electron chi connectivity index (χ2n) is 4.58. The Morgan fingerprint density at radius 1 is 1.22 bits per heavy atom. The third-order valence-electron chi connectivity index (χ3n) is 2.95. The van der Waals surface area contributed by atoms with Gasteiger partial charge in [-0.25, -0.2) is 9.97 Å². The van der Waals surface area contributed by atoms with Crippen LogP contribution < -0.4 is 4.74 Å². The van der Waals surface area contributed by atoms with Gasteiger partial charge in [0.2, 0.25) is 0 Å². The molecule has 0 fully saturated rings. The van der Waals surface area contributed by atoms with Crippen molar-refractivity contribution in [3.8, 4) is 5.75 Å². The summed E-state index contributed by atoms with van der Waals surface area (Å²) in [4.78, 5) is 19.5. The van der Waals surface area contributed by atoms with Crippen LogP contribution in [0.15, 0.2) is 41.7 Å². The van der Waals surface area contributed by atoms with Crippen LogP contribution in [0.1, 0.15) is 23.0 Å². The molecule has 122 valence electrons. The van der Waals surface area contributed by atoms with Crippen molar-refractivity contribution in [3.63, 3.8) is 0 Å². The molecular formula is C15H13F3N2O2S. The molecule has 0 spiro atoms. The van der Waals surface area contributed by atoms with Crippen molar-refractivity contribution in [2.75, 3.05) is 7.11 Å². The van der Waals surface area contributed by atoms with E-state index < -0.39 is 17.1 Å². The van der Waals surface area contributed by atoms with E-state index in [1.165, 1.54) is 7.11 Å². The van der Waals surface area contributed by atoms with Crippen LogP contribution in [0.4, 0.5) is 13.2 Å². The zero-order chi connectivity index (χ0) is 17.0. The number of ketones is 1. The number of nitrogens with zero attached hydrogens (tertiary/aromatic N) is 2. The van der Waals surface area contributed by atoms with E-state index in [1.54, 1.807) is 31.2 Å². The first-order chi connectivity index (χ1) is 10.8. The number of Topliss-reactive ketones (excluding diaryl/α,β-unsaturated/α-hetero) is 1. The average molecular weight is 342 g/mol. The number of benzene rings is 1. The van der Waals surface area contributed by atoms with Gasteiger partial charge in [-0.15, -0.1) is 0 Å². The van der Waals surface area contributed by atoms with Crippen LogP contribution in [0, 0.1) is 0 Å². The Hall–Kier alpha value is -2.09. The molecule has 0 bridgehead atoms. The maximum absolute atomic E-state index is 12.6. The molecule has 23 heavy (non-hydrogen) atoms. The van der Waals surface area contributed by atoms with Gasteiger partial charge in [0, 0.05) is 11.8 Å². The fourth-order valence-electron chi connectivity index (χ4n) is 1.76. The lowest BCUT2D eigenvalue weighted by atomic mass is 10.1. The number of carbonyl (C=O) groups excluding carboxylic acids is 1. The first-order valence-corrected chi connectivity index (χ1v) is 7.44. The molecule has 1 aromatic carbocycles. The van der Waals surface area contributed by atoms with E-state index in [2.05, 4.69) is 9.97 Å². The van der Waals surface area contributed by atoms with Gasteiger partial charge < -0.3 is 4.74 Å². The first-order valence-electron chi connectivity index (χ1n) is 6.56. The molecule has 0 amide bonds. The van der Waals surface area contributed by atoms with Gasteiger partial charge in [-0.3, -0.25) is 4.79 Å². The summed E-state index contributed by atoms with van der Waals surface area (Å²) in [6.07, 6.45) is -3.51. The average Bonchev–Trinajstić information content (AvgIpc) is 2.53.